The highest BCUT2D eigenvalue weighted by Crippen LogP contribution is 2.37. The molecule has 1 aromatic heterocycles. The maximum Gasteiger partial charge on any atom is 0.521 e. The Bertz CT molecular complexity index is 1270. The van der Waals surface area contributed by atoms with Crippen molar-refractivity contribution < 1.29 is 36.3 Å². The van der Waals surface area contributed by atoms with Gasteiger partial charge in [-0.3, -0.25) is 0 Å². The van der Waals surface area contributed by atoms with Crippen LogP contribution in [0.4, 0.5) is 23.2 Å². The lowest BCUT2D eigenvalue weighted by Gasteiger charge is -2.30. The highest BCUT2D eigenvalue weighted by atomic mass is 19.4. The van der Waals surface area contributed by atoms with Crippen molar-refractivity contribution in [3.05, 3.63) is 41.7 Å². The Balaban J connectivity index is 1.64. The van der Waals surface area contributed by atoms with E-state index in [9.17, 15) is 17.6 Å². The summed E-state index contributed by atoms with van der Waals surface area (Å²) in [6.45, 7) is 3.91. The summed E-state index contributed by atoms with van der Waals surface area (Å²) in [6, 6.07) is 6.66. The number of nitrogens with one attached hydrogen (secondary N) is 1. The number of methoxy groups -OCH3 is 1. The summed E-state index contributed by atoms with van der Waals surface area (Å²) in [5.74, 6) is 0.232. The van der Waals surface area contributed by atoms with Crippen molar-refractivity contribution in [3.63, 3.8) is 0 Å². The number of benzene rings is 2. The van der Waals surface area contributed by atoms with Gasteiger partial charge in [0.25, 0.3) is 0 Å². The van der Waals surface area contributed by atoms with E-state index in [1.165, 1.54) is 25.3 Å². The summed E-state index contributed by atoms with van der Waals surface area (Å²) < 4.78 is 72.7. The summed E-state index contributed by atoms with van der Waals surface area (Å²) in [5, 5.41) is 10.6. The van der Waals surface area contributed by atoms with Crippen LogP contribution in [-0.2, 0) is 11.0 Å². The average Bonchev–Trinajstić information content (AvgIpc) is 3.24. The Labute approximate surface area is 191 Å². The normalized spacial score (nSPS) is 22.9. The van der Waals surface area contributed by atoms with E-state index in [1.807, 2.05) is 6.92 Å². The summed E-state index contributed by atoms with van der Waals surface area (Å²) >= 11 is 0. The highest BCUT2D eigenvalue weighted by Gasteiger charge is 2.38. The molecule has 0 radical (unpaired) electrons. The third-order valence-corrected chi connectivity index (χ3v) is 5.87. The van der Waals surface area contributed by atoms with E-state index < -0.39 is 18.2 Å². The van der Waals surface area contributed by atoms with Crippen LogP contribution in [0.25, 0.3) is 11.0 Å². The van der Waals surface area contributed by atoms with Crippen LogP contribution in [0.15, 0.2) is 30.3 Å². The van der Waals surface area contributed by atoms with Gasteiger partial charge in [-0.25, -0.2) is 8.97 Å². The number of rotatable bonds is 3. The molecule has 12 heteroatoms. The maximum absolute atomic E-state index is 13.9. The molecule has 2 aromatic carbocycles. The van der Waals surface area contributed by atoms with E-state index in [1.54, 1.807) is 12.1 Å². The minimum atomic E-state index is -4.77. The monoisotopic (exact) mass is 480 g/mol. The number of nitrogens with zero attached hydrogens (tertiary/aromatic N) is 4. The van der Waals surface area contributed by atoms with Gasteiger partial charge in [-0.15, -0.1) is 23.4 Å². The molecule has 0 saturated carbocycles. The number of aromatic nitrogens is 3. The van der Waals surface area contributed by atoms with Gasteiger partial charge in [0, 0.05) is 23.8 Å². The Morgan fingerprint density at radius 3 is 2.76 bits per heavy atom. The van der Waals surface area contributed by atoms with Gasteiger partial charge >= 0.3 is 6.30 Å². The lowest BCUT2D eigenvalue weighted by atomic mass is 9.97. The van der Waals surface area contributed by atoms with Gasteiger partial charge in [0.05, 0.1) is 12.8 Å². The van der Waals surface area contributed by atoms with E-state index in [2.05, 4.69) is 20.1 Å². The smallest absolute Gasteiger partial charge is 0.497 e. The first-order valence-corrected chi connectivity index (χ1v) is 10.7. The zero-order valence-electron chi connectivity index (χ0n) is 18.4. The molecule has 180 valence electrons. The van der Waals surface area contributed by atoms with Crippen LogP contribution in [0.3, 0.4) is 0 Å². The predicted octanol–water partition coefficient (Wildman–Crippen LogP) is 3.47. The SMILES string of the molecule is COc1cc(N[C@@H]2C(=[N+]3CCO[C@H](C)C3)COc3cc(F)ccc32)c2nn(C(F)(F)F)nc2c1. The van der Waals surface area contributed by atoms with Gasteiger partial charge in [-0.1, -0.05) is 4.80 Å². The molecule has 0 amide bonds. The van der Waals surface area contributed by atoms with Gasteiger partial charge in [0.2, 0.25) is 5.71 Å². The number of anilines is 1. The summed E-state index contributed by atoms with van der Waals surface area (Å²) in [6.07, 6.45) is -4.78. The van der Waals surface area contributed by atoms with Crippen LogP contribution >= 0.6 is 0 Å². The summed E-state index contributed by atoms with van der Waals surface area (Å²) in [7, 11) is 1.42. The molecule has 0 unspecified atom stereocenters. The molecule has 2 atom stereocenters. The number of hydrogen-bond donors (Lipinski definition) is 1. The second kappa shape index (κ2) is 8.42. The number of halogens is 4. The fraction of sp³-hybridized carbons (Fsp3) is 0.409. The Hall–Kier alpha value is -3.41. The van der Waals surface area contributed by atoms with Crippen molar-refractivity contribution in [2.75, 3.05) is 38.7 Å². The van der Waals surface area contributed by atoms with Crippen LogP contribution in [0.5, 0.6) is 11.5 Å². The molecule has 1 N–H and O–H groups in total. The third-order valence-electron chi connectivity index (χ3n) is 5.87. The molecule has 8 nitrogen and oxygen atoms in total. The molecule has 1 fully saturated rings. The van der Waals surface area contributed by atoms with Crippen LogP contribution in [0, 0.1) is 5.82 Å². The first-order chi connectivity index (χ1) is 16.2. The van der Waals surface area contributed by atoms with Gasteiger partial charge in [-0.05, 0) is 19.1 Å². The number of morpholine rings is 1. The lowest BCUT2D eigenvalue weighted by molar-refractivity contribution is -0.560. The van der Waals surface area contributed by atoms with E-state index in [0.717, 1.165) is 5.71 Å². The van der Waals surface area contributed by atoms with E-state index in [-0.39, 0.29) is 28.5 Å². The van der Waals surface area contributed by atoms with Crippen LogP contribution < -0.4 is 14.8 Å². The zero-order valence-corrected chi connectivity index (χ0v) is 18.4. The molecule has 2 aliphatic heterocycles. The second-order valence-corrected chi connectivity index (χ2v) is 8.17. The van der Waals surface area contributed by atoms with Crippen molar-refractivity contribution in [1.29, 1.82) is 0 Å². The van der Waals surface area contributed by atoms with Crippen LogP contribution in [0.2, 0.25) is 0 Å². The second-order valence-electron chi connectivity index (χ2n) is 8.17. The lowest BCUT2D eigenvalue weighted by Crippen LogP contribution is -2.44. The molecular weight excluding hydrogens is 458 g/mol. The van der Waals surface area contributed by atoms with Crippen molar-refractivity contribution in [2.24, 2.45) is 0 Å². The van der Waals surface area contributed by atoms with Crippen molar-refractivity contribution >= 4 is 22.4 Å². The minimum absolute atomic E-state index is 0.00766. The molecule has 0 bridgehead atoms. The summed E-state index contributed by atoms with van der Waals surface area (Å²) in [4.78, 5) is -0.274. The van der Waals surface area contributed by atoms with Crippen LogP contribution in [-0.4, -0.2) is 64.8 Å². The molecule has 34 heavy (non-hydrogen) atoms. The molecule has 2 aliphatic rings. The third kappa shape index (κ3) is 4.13. The Morgan fingerprint density at radius 1 is 1.21 bits per heavy atom. The van der Waals surface area contributed by atoms with E-state index in [4.69, 9.17) is 14.2 Å². The fourth-order valence-corrected chi connectivity index (χ4v) is 4.29. The number of alkyl halides is 3. The fourth-order valence-electron chi connectivity index (χ4n) is 4.29. The minimum Gasteiger partial charge on any atom is -0.497 e. The molecule has 5 rings (SSSR count). The molecule has 1 saturated heterocycles. The Kier molecular flexibility index (Phi) is 5.54. The van der Waals surface area contributed by atoms with Crippen molar-refractivity contribution in [3.8, 4) is 11.5 Å². The molecular formula is C22H22F4N5O3+. The Morgan fingerprint density at radius 2 is 2.03 bits per heavy atom. The zero-order chi connectivity index (χ0) is 24.0. The summed E-state index contributed by atoms with van der Waals surface area (Å²) in [5.41, 5.74) is 1.86. The molecule has 3 heterocycles. The molecule has 0 spiro atoms. The first kappa shape index (κ1) is 22.4. The van der Waals surface area contributed by atoms with Gasteiger partial charge in [0.1, 0.15) is 47.1 Å². The molecule has 0 aliphatic carbocycles. The topological polar surface area (TPSA) is 73.4 Å². The number of fused-ring (bicyclic) bond motifs is 2. The van der Waals surface area contributed by atoms with Crippen molar-refractivity contribution in [2.45, 2.75) is 25.4 Å². The van der Waals surface area contributed by atoms with Gasteiger partial charge in [0.15, 0.2) is 19.7 Å². The van der Waals surface area contributed by atoms with E-state index >= 15 is 0 Å². The van der Waals surface area contributed by atoms with Gasteiger partial charge in [-0.2, -0.15) is 0 Å². The van der Waals surface area contributed by atoms with E-state index in [0.29, 0.717) is 42.4 Å². The van der Waals surface area contributed by atoms with Crippen LogP contribution in [0.1, 0.15) is 18.5 Å². The van der Waals surface area contributed by atoms with Crippen molar-refractivity contribution in [1.82, 2.24) is 15.0 Å². The number of hydrogen-bond acceptors (Lipinski definition) is 6. The number of ether oxygens (including phenoxy) is 3. The quantitative estimate of drug-likeness (QED) is 0.457. The first-order valence-electron chi connectivity index (χ1n) is 10.7. The maximum atomic E-state index is 13.9. The standard InChI is InChI=1S/C22H22F4N5O3/c1-12-10-30(5-6-33-12)18-11-34-19-7-13(23)3-4-15(19)20(18)27-16-8-14(32-2)9-17-21(16)29-31(28-17)22(24,25)26/h3-4,7-9,12,20,27H,5-6,10-11H2,1-2H3/q+1/t12-,20+/m1/s1. The molecule has 3 aromatic rings. The highest BCUT2D eigenvalue weighted by molar-refractivity contribution is 5.96. The average molecular weight is 480 g/mol. The predicted molar refractivity (Wildman–Crippen MR) is 114 cm³/mol. The largest absolute Gasteiger partial charge is 0.521 e. The van der Waals surface area contributed by atoms with Gasteiger partial charge < -0.3 is 19.5 Å².